The molecule has 0 unspecified atom stereocenters. The van der Waals surface area contributed by atoms with Gasteiger partial charge in [0.05, 0.1) is 5.52 Å². The third kappa shape index (κ3) is 2.06. The number of aromatic nitrogens is 2. The van der Waals surface area contributed by atoms with Crippen LogP contribution < -0.4 is 5.32 Å². The SMILES string of the molecule is Cc1ccc2ncnc(NC(C)C)c2c1. The lowest BCUT2D eigenvalue weighted by molar-refractivity contribution is 0.890. The van der Waals surface area contributed by atoms with E-state index < -0.39 is 0 Å². The van der Waals surface area contributed by atoms with E-state index in [9.17, 15) is 0 Å². The molecule has 1 heterocycles. The molecular formula is C12H15N3. The van der Waals surface area contributed by atoms with Gasteiger partial charge in [-0.15, -0.1) is 0 Å². The Hall–Kier alpha value is -1.64. The second kappa shape index (κ2) is 3.85. The number of aryl methyl sites for hydroxylation is 1. The highest BCUT2D eigenvalue weighted by molar-refractivity contribution is 5.89. The monoisotopic (exact) mass is 201 g/mol. The number of rotatable bonds is 2. The number of hydrogen-bond acceptors (Lipinski definition) is 3. The minimum absolute atomic E-state index is 0.378. The minimum Gasteiger partial charge on any atom is -0.367 e. The molecule has 3 heteroatoms. The Balaban J connectivity index is 2.58. The molecule has 78 valence electrons. The molecule has 1 aromatic carbocycles. The second-order valence-electron chi connectivity index (χ2n) is 4.04. The van der Waals surface area contributed by atoms with Crippen LogP contribution in [0.15, 0.2) is 24.5 Å². The van der Waals surface area contributed by atoms with Gasteiger partial charge in [0.2, 0.25) is 0 Å². The Morgan fingerprint density at radius 1 is 1.20 bits per heavy atom. The molecule has 0 saturated carbocycles. The van der Waals surface area contributed by atoms with Crippen LogP contribution in [-0.2, 0) is 0 Å². The first-order valence-corrected chi connectivity index (χ1v) is 5.15. The Morgan fingerprint density at radius 3 is 2.73 bits per heavy atom. The van der Waals surface area contributed by atoms with Gasteiger partial charge < -0.3 is 5.32 Å². The summed E-state index contributed by atoms with van der Waals surface area (Å²) in [5, 5.41) is 4.41. The Morgan fingerprint density at radius 2 is 2.00 bits per heavy atom. The van der Waals surface area contributed by atoms with Crippen LogP contribution in [-0.4, -0.2) is 16.0 Å². The van der Waals surface area contributed by atoms with E-state index in [1.54, 1.807) is 6.33 Å². The fourth-order valence-corrected chi connectivity index (χ4v) is 1.56. The zero-order chi connectivity index (χ0) is 10.8. The van der Waals surface area contributed by atoms with Crippen LogP contribution in [0.2, 0.25) is 0 Å². The smallest absolute Gasteiger partial charge is 0.137 e. The van der Waals surface area contributed by atoms with Gasteiger partial charge in [-0.1, -0.05) is 11.6 Å². The predicted molar refractivity (Wildman–Crippen MR) is 63.0 cm³/mol. The highest BCUT2D eigenvalue weighted by Crippen LogP contribution is 2.20. The van der Waals surface area contributed by atoms with Gasteiger partial charge in [0.1, 0.15) is 12.1 Å². The van der Waals surface area contributed by atoms with Gasteiger partial charge in [0, 0.05) is 11.4 Å². The molecule has 0 fully saturated rings. The number of nitrogens with one attached hydrogen (secondary N) is 1. The standard InChI is InChI=1S/C12H15N3/c1-8(2)15-12-10-6-9(3)4-5-11(10)13-7-14-12/h4-8H,1-3H3,(H,13,14,15). The maximum atomic E-state index is 4.27. The first-order valence-electron chi connectivity index (χ1n) is 5.15. The van der Waals surface area contributed by atoms with Gasteiger partial charge in [-0.3, -0.25) is 0 Å². The quantitative estimate of drug-likeness (QED) is 0.811. The number of anilines is 1. The summed E-state index contributed by atoms with van der Waals surface area (Å²) < 4.78 is 0. The lowest BCUT2D eigenvalue weighted by Gasteiger charge is -2.11. The first kappa shape index (κ1) is 9.90. The van der Waals surface area contributed by atoms with Crippen LogP contribution >= 0.6 is 0 Å². The number of hydrogen-bond donors (Lipinski definition) is 1. The maximum absolute atomic E-state index is 4.27. The molecule has 2 rings (SSSR count). The fraction of sp³-hybridized carbons (Fsp3) is 0.333. The minimum atomic E-state index is 0.378. The normalized spacial score (nSPS) is 10.9. The first-order chi connectivity index (χ1) is 7.16. The maximum Gasteiger partial charge on any atom is 0.137 e. The summed E-state index contributed by atoms with van der Waals surface area (Å²) in [6.07, 6.45) is 1.60. The van der Waals surface area contributed by atoms with E-state index in [0.29, 0.717) is 6.04 Å². The summed E-state index contributed by atoms with van der Waals surface area (Å²) >= 11 is 0. The van der Waals surface area contributed by atoms with Crippen molar-refractivity contribution in [1.82, 2.24) is 9.97 Å². The van der Waals surface area contributed by atoms with Crippen LogP contribution in [0.4, 0.5) is 5.82 Å². The van der Waals surface area contributed by atoms with E-state index in [0.717, 1.165) is 16.7 Å². The molecule has 3 nitrogen and oxygen atoms in total. The van der Waals surface area contributed by atoms with Crippen LogP contribution in [0, 0.1) is 6.92 Å². The Bertz CT molecular complexity index is 477. The zero-order valence-corrected chi connectivity index (χ0v) is 9.28. The van der Waals surface area contributed by atoms with Crippen LogP contribution in [0.3, 0.4) is 0 Å². The van der Waals surface area contributed by atoms with Crippen molar-refractivity contribution in [2.24, 2.45) is 0 Å². The van der Waals surface area contributed by atoms with E-state index in [4.69, 9.17) is 0 Å². The van der Waals surface area contributed by atoms with Crippen molar-refractivity contribution in [3.63, 3.8) is 0 Å². The molecule has 1 aromatic heterocycles. The van der Waals surface area contributed by atoms with E-state index in [1.165, 1.54) is 5.56 Å². The molecule has 0 radical (unpaired) electrons. The van der Waals surface area contributed by atoms with Gasteiger partial charge in [-0.25, -0.2) is 9.97 Å². The molecule has 2 aromatic rings. The predicted octanol–water partition coefficient (Wildman–Crippen LogP) is 2.76. The summed E-state index contributed by atoms with van der Waals surface area (Å²) in [7, 11) is 0. The lowest BCUT2D eigenvalue weighted by Crippen LogP contribution is -2.11. The average Bonchev–Trinajstić information content (AvgIpc) is 2.18. The van der Waals surface area contributed by atoms with E-state index in [1.807, 2.05) is 6.07 Å². The van der Waals surface area contributed by atoms with Gasteiger partial charge in [0.25, 0.3) is 0 Å². The summed E-state index contributed by atoms with van der Waals surface area (Å²) in [6, 6.07) is 6.58. The largest absolute Gasteiger partial charge is 0.367 e. The molecule has 0 amide bonds. The molecule has 0 saturated heterocycles. The Kier molecular flexibility index (Phi) is 2.54. The molecular weight excluding hydrogens is 186 g/mol. The molecule has 0 bridgehead atoms. The average molecular weight is 201 g/mol. The van der Waals surface area contributed by atoms with Gasteiger partial charge >= 0.3 is 0 Å². The van der Waals surface area contributed by atoms with Crippen molar-refractivity contribution in [3.8, 4) is 0 Å². The van der Waals surface area contributed by atoms with E-state index >= 15 is 0 Å². The van der Waals surface area contributed by atoms with Crippen molar-refractivity contribution in [2.75, 3.05) is 5.32 Å². The zero-order valence-electron chi connectivity index (χ0n) is 9.28. The lowest BCUT2D eigenvalue weighted by atomic mass is 10.1. The highest BCUT2D eigenvalue weighted by Gasteiger charge is 2.04. The van der Waals surface area contributed by atoms with E-state index in [2.05, 4.69) is 48.2 Å². The number of fused-ring (bicyclic) bond motifs is 1. The highest BCUT2D eigenvalue weighted by atomic mass is 15.0. The van der Waals surface area contributed by atoms with Crippen molar-refractivity contribution in [1.29, 1.82) is 0 Å². The van der Waals surface area contributed by atoms with Crippen LogP contribution in [0.25, 0.3) is 10.9 Å². The number of nitrogens with zero attached hydrogens (tertiary/aromatic N) is 2. The number of benzene rings is 1. The van der Waals surface area contributed by atoms with E-state index in [-0.39, 0.29) is 0 Å². The topological polar surface area (TPSA) is 37.8 Å². The Labute approximate surface area is 89.6 Å². The summed E-state index contributed by atoms with van der Waals surface area (Å²) in [5.41, 5.74) is 2.21. The van der Waals surface area contributed by atoms with Crippen LogP contribution in [0.1, 0.15) is 19.4 Å². The van der Waals surface area contributed by atoms with Crippen molar-refractivity contribution < 1.29 is 0 Å². The van der Waals surface area contributed by atoms with Crippen LogP contribution in [0.5, 0.6) is 0 Å². The third-order valence-corrected chi connectivity index (χ3v) is 2.22. The molecule has 0 spiro atoms. The molecule has 0 aliphatic rings. The summed E-state index contributed by atoms with van der Waals surface area (Å²) in [4.78, 5) is 8.51. The van der Waals surface area contributed by atoms with Crippen molar-refractivity contribution in [2.45, 2.75) is 26.8 Å². The van der Waals surface area contributed by atoms with Gasteiger partial charge in [-0.05, 0) is 32.9 Å². The van der Waals surface area contributed by atoms with Gasteiger partial charge in [-0.2, -0.15) is 0 Å². The molecule has 1 N–H and O–H groups in total. The third-order valence-electron chi connectivity index (χ3n) is 2.22. The van der Waals surface area contributed by atoms with Crippen molar-refractivity contribution >= 4 is 16.7 Å². The fourth-order valence-electron chi connectivity index (χ4n) is 1.56. The molecule has 0 aliphatic heterocycles. The molecule has 0 aliphatic carbocycles. The molecule has 15 heavy (non-hydrogen) atoms. The van der Waals surface area contributed by atoms with Crippen molar-refractivity contribution in [3.05, 3.63) is 30.1 Å². The summed E-state index contributed by atoms with van der Waals surface area (Å²) in [5.74, 6) is 0.915. The molecule has 0 atom stereocenters. The van der Waals surface area contributed by atoms with Gasteiger partial charge in [0.15, 0.2) is 0 Å². The second-order valence-corrected chi connectivity index (χ2v) is 4.04. The summed E-state index contributed by atoms with van der Waals surface area (Å²) in [6.45, 7) is 6.28.